The van der Waals surface area contributed by atoms with Gasteiger partial charge in [0.05, 0.1) is 17.3 Å². The largest absolute Gasteiger partial charge is 0.381 e. The highest BCUT2D eigenvalue weighted by molar-refractivity contribution is 5.49. The standard InChI is InChI=1S/C15H14FN7/c1-10-6-14(23-15(22-10)20-9-21-23)19-5-4-18-13-3-2-11(8-17)7-12(13)16/h2-3,6-7,9,18-19H,4-5H2,1H3. The highest BCUT2D eigenvalue weighted by Crippen LogP contribution is 2.15. The summed E-state index contributed by atoms with van der Waals surface area (Å²) in [6, 6.07) is 8.11. The Bertz CT molecular complexity index is 881. The zero-order valence-corrected chi connectivity index (χ0v) is 12.4. The first-order valence-electron chi connectivity index (χ1n) is 7.02. The SMILES string of the molecule is Cc1cc(NCCNc2ccc(C#N)cc2F)n2ncnc2n1. The minimum absolute atomic E-state index is 0.298. The van der Waals surface area contributed by atoms with Crippen LogP contribution in [0.4, 0.5) is 15.9 Å². The second-order valence-corrected chi connectivity index (χ2v) is 4.91. The van der Waals surface area contributed by atoms with E-state index in [9.17, 15) is 4.39 Å². The maximum absolute atomic E-state index is 13.7. The minimum atomic E-state index is -0.442. The molecule has 1 aromatic carbocycles. The Morgan fingerprint density at radius 3 is 2.87 bits per heavy atom. The number of hydrogen-bond acceptors (Lipinski definition) is 6. The van der Waals surface area contributed by atoms with Gasteiger partial charge in [-0.2, -0.15) is 19.9 Å². The predicted molar refractivity (Wildman–Crippen MR) is 83.6 cm³/mol. The number of anilines is 2. The van der Waals surface area contributed by atoms with Crippen LogP contribution in [-0.2, 0) is 0 Å². The molecule has 116 valence electrons. The molecule has 7 nitrogen and oxygen atoms in total. The van der Waals surface area contributed by atoms with Gasteiger partial charge in [0.25, 0.3) is 5.78 Å². The van der Waals surface area contributed by atoms with Crippen LogP contribution in [0.15, 0.2) is 30.6 Å². The summed E-state index contributed by atoms with van der Waals surface area (Å²) in [5.74, 6) is 0.855. The van der Waals surface area contributed by atoms with E-state index < -0.39 is 5.82 Å². The molecule has 0 aliphatic heterocycles. The molecule has 0 saturated carbocycles. The van der Waals surface area contributed by atoms with E-state index in [-0.39, 0.29) is 0 Å². The maximum Gasteiger partial charge on any atom is 0.254 e. The fourth-order valence-corrected chi connectivity index (χ4v) is 2.17. The van der Waals surface area contributed by atoms with Gasteiger partial charge in [-0.15, -0.1) is 0 Å². The Hall–Kier alpha value is -3.21. The van der Waals surface area contributed by atoms with Gasteiger partial charge < -0.3 is 10.6 Å². The van der Waals surface area contributed by atoms with Crippen LogP contribution >= 0.6 is 0 Å². The number of hydrogen-bond donors (Lipinski definition) is 2. The fourth-order valence-electron chi connectivity index (χ4n) is 2.17. The maximum atomic E-state index is 13.7. The van der Waals surface area contributed by atoms with Gasteiger partial charge >= 0.3 is 0 Å². The highest BCUT2D eigenvalue weighted by Gasteiger charge is 2.06. The van der Waals surface area contributed by atoms with Gasteiger partial charge in [-0.05, 0) is 25.1 Å². The number of nitriles is 1. The molecule has 3 aromatic rings. The normalized spacial score (nSPS) is 10.5. The third-order valence-corrected chi connectivity index (χ3v) is 3.22. The molecule has 23 heavy (non-hydrogen) atoms. The van der Waals surface area contributed by atoms with Gasteiger partial charge in [-0.25, -0.2) is 9.37 Å². The van der Waals surface area contributed by atoms with Crippen molar-refractivity contribution in [2.75, 3.05) is 23.7 Å². The minimum Gasteiger partial charge on any atom is -0.381 e. The average Bonchev–Trinajstić information content (AvgIpc) is 3.00. The number of benzene rings is 1. The quantitative estimate of drug-likeness (QED) is 0.700. The van der Waals surface area contributed by atoms with E-state index in [0.29, 0.717) is 30.1 Å². The van der Waals surface area contributed by atoms with Crippen molar-refractivity contribution in [1.82, 2.24) is 19.6 Å². The molecule has 0 unspecified atom stereocenters. The molecular formula is C15H14FN7. The molecule has 0 radical (unpaired) electrons. The van der Waals surface area contributed by atoms with Crippen LogP contribution in [0.25, 0.3) is 5.78 Å². The molecule has 3 rings (SSSR count). The van der Waals surface area contributed by atoms with E-state index in [1.807, 2.05) is 19.1 Å². The lowest BCUT2D eigenvalue weighted by molar-refractivity contribution is 0.630. The average molecular weight is 311 g/mol. The summed E-state index contributed by atoms with van der Waals surface area (Å²) in [5, 5.41) is 19.0. The monoisotopic (exact) mass is 311 g/mol. The molecule has 8 heteroatoms. The van der Waals surface area contributed by atoms with Crippen LogP contribution in [-0.4, -0.2) is 32.7 Å². The van der Waals surface area contributed by atoms with Gasteiger partial charge in [0, 0.05) is 24.8 Å². The molecule has 2 N–H and O–H groups in total. The van der Waals surface area contributed by atoms with Crippen molar-refractivity contribution < 1.29 is 4.39 Å². The number of nitrogens with zero attached hydrogens (tertiary/aromatic N) is 5. The van der Waals surface area contributed by atoms with Gasteiger partial charge in [-0.1, -0.05) is 0 Å². The Morgan fingerprint density at radius 1 is 1.26 bits per heavy atom. The number of rotatable bonds is 5. The molecule has 0 bridgehead atoms. The van der Waals surface area contributed by atoms with Crippen LogP contribution in [0.5, 0.6) is 0 Å². The molecular weight excluding hydrogens is 297 g/mol. The van der Waals surface area contributed by atoms with Gasteiger partial charge in [0.1, 0.15) is 18.0 Å². The second-order valence-electron chi connectivity index (χ2n) is 4.91. The first kappa shape index (κ1) is 14.7. The van der Waals surface area contributed by atoms with Crippen molar-refractivity contribution in [3.63, 3.8) is 0 Å². The van der Waals surface area contributed by atoms with Crippen LogP contribution in [0, 0.1) is 24.1 Å². The zero-order valence-electron chi connectivity index (χ0n) is 12.4. The lowest BCUT2D eigenvalue weighted by Gasteiger charge is -2.11. The number of halogens is 1. The van der Waals surface area contributed by atoms with Gasteiger partial charge in [0.2, 0.25) is 0 Å². The first-order chi connectivity index (χ1) is 11.2. The van der Waals surface area contributed by atoms with Crippen molar-refractivity contribution in [2.45, 2.75) is 6.92 Å². The summed E-state index contributed by atoms with van der Waals surface area (Å²) in [7, 11) is 0. The number of nitrogens with one attached hydrogen (secondary N) is 2. The highest BCUT2D eigenvalue weighted by atomic mass is 19.1. The molecule has 2 heterocycles. The van der Waals surface area contributed by atoms with E-state index in [1.54, 1.807) is 16.6 Å². The van der Waals surface area contributed by atoms with E-state index in [4.69, 9.17) is 5.26 Å². The predicted octanol–water partition coefficient (Wildman–Crippen LogP) is 1.97. The second kappa shape index (κ2) is 6.27. The molecule has 0 atom stereocenters. The van der Waals surface area contributed by atoms with E-state index in [1.165, 1.54) is 12.4 Å². The van der Waals surface area contributed by atoms with Crippen molar-refractivity contribution in [3.8, 4) is 6.07 Å². The van der Waals surface area contributed by atoms with Crippen molar-refractivity contribution in [1.29, 1.82) is 5.26 Å². The van der Waals surface area contributed by atoms with Crippen LogP contribution in [0.1, 0.15) is 11.3 Å². The molecule has 0 amide bonds. The van der Waals surface area contributed by atoms with Crippen molar-refractivity contribution in [3.05, 3.63) is 47.7 Å². The summed E-state index contributed by atoms with van der Waals surface area (Å²) < 4.78 is 15.3. The molecule has 0 aliphatic carbocycles. The first-order valence-corrected chi connectivity index (χ1v) is 7.02. The Morgan fingerprint density at radius 2 is 2.09 bits per heavy atom. The van der Waals surface area contributed by atoms with Gasteiger partial charge in [0.15, 0.2) is 0 Å². The zero-order chi connectivity index (χ0) is 16.2. The van der Waals surface area contributed by atoms with Crippen LogP contribution < -0.4 is 10.6 Å². The summed E-state index contributed by atoms with van der Waals surface area (Å²) in [5.41, 5.74) is 1.49. The molecule has 2 aromatic heterocycles. The summed E-state index contributed by atoms with van der Waals surface area (Å²) in [6.07, 6.45) is 1.44. The summed E-state index contributed by atoms with van der Waals surface area (Å²) >= 11 is 0. The topological polar surface area (TPSA) is 90.9 Å². The Labute approximate surface area is 131 Å². The third kappa shape index (κ3) is 3.18. The Kier molecular flexibility index (Phi) is 4.01. The van der Waals surface area contributed by atoms with Crippen molar-refractivity contribution in [2.24, 2.45) is 0 Å². The summed E-state index contributed by atoms with van der Waals surface area (Å²) in [6.45, 7) is 2.93. The lowest BCUT2D eigenvalue weighted by Crippen LogP contribution is -2.16. The Balaban J connectivity index is 1.61. The fraction of sp³-hybridized carbons (Fsp3) is 0.200. The number of fused-ring (bicyclic) bond motifs is 1. The number of aryl methyl sites for hydroxylation is 1. The summed E-state index contributed by atoms with van der Waals surface area (Å²) in [4.78, 5) is 8.31. The van der Waals surface area contributed by atoms with E-state index in [2.05, 4.69) is 25.7 Å². The van der Waals surface area contributed by atoms with Crippen molar-refractivity contribution >= 4 is 17.3 Å². The number of aromatic nitrogens is 4. The smallest absolute Gasteiger partial charge is 0.254 e. The molecule has 0 spiro atoms. The molecule has 0 saturated heterocycles. The lowest BCUT2D eigenvalue weighted by atomic mass is 10.2. The van der Waals surface area contributed by atoms with E-state index in [0.717, 1.165) is 11.5 Å². The molecule has 0 fully saturated rings. The van der Waals surface area contributed by atoms with Crippen LogP contribution in [0.2, 0.25) is 0 Å². The molecule has 0 aliphatic rings. The third-order valence-electron chi connectivity index (χ3n) is 3.22. The van der Waals surface area contributed by atoms with E-state index >= 15 is 0 Å². The van der Waals surface area contributed by atoms with Gasteiger partial charge in [-0.3, -0.25) is 0 Å². The van der Waals surface area contributed by atoms with Crippen LogP contribution in [0.3, 0.4) is 0 Å².